The van der Waals surface area contributed by atoms with Gasteiger partial charge in [-0.25, -0.2) is 9.78 Å². The van der Waals surface area contributed by atoms with E-state index in [0.29, 0.717) is 5.69 Å². The van der Waals surface area contributed by atoms with Gasteiger partial charge in [0, 0.05) is 12.1 Å². The number of nitrogens with zero attached hydrogens (tertiary/aromatic N) is 1. The van der Waals surface area contributed by atoms with E-state index >= 15 is 0 Å². The van der Waals surface area contributed by atoms with Crippen LogP contribution in [0.2, 0.25) is 0 Å². The number of aryl methyl sites for hydroxylation is 1. The van der Waals surface area contributed by atoms with Gasteiger partial charge < -0.3 is 4.74 Å². The van der Waals surface area contributed by atoms with Gasteiger partial charge in [-0.1, -0.05) is 52.0 Å². The van der Waals surface area contributed by atoms with Crippen LogP contribution in [0, 0.1) is 6.92 Å². The third-order valence-corrected chi connectivity index (χ3v) is 6.35. The summed E-state index contributed by atoms with van der Waals surface area (Å²) < 4.78 is 4.75. The number of hydrogen-bond acceptors (Lipinski definition) is 3. The fourth-order valence-electron chi connectivity index (χ4n) is 4.33. The standard InChI is InChI=1S/C25H31NO2/c1-8-18(17-9-10-22(26-15-17)23(27)28-7)19-14-21-20(13-16(19)2)24(3,4)11-12-25(21,5)6/h8-10,13-15,18H,1,11-12H2,2-7H3. The Morgan fingerprint density at radius 2 is 1.75 bits per heavy atom. The molecular formula is C25H31NO2. The fraction of sp³-hybridized carbons (Fsp3) is 0.440. The fourth-order valence-corrected chi connectivity index (χ4v) is 4.33. The van der Waals surface area contributed by atoms with Crippen LogP contribution in [0.4, 0.5) is 0 Å². The Hall–Kier alpha value is -2.42. The number of benzene rings is 1. The number of carbonyl (C=O) groups excluding carboxylic acids is 1. The first-order valence-electron chi connectivity index (χ1n) is 9.93. The van der Waals surface area contributed by atoms with Crippen molar-refractivity contribution in [2.24, 2.45) is 0 Å². The second kappa shape index (κ2) is 7.20. The first-order chi connectivity index (χ1) is 13.1. The average molecular weight is 378 g/mol. The molecule has 1 atom stereocenters. The Kier molecular flexibility index (Phi) is 5.22. The zero-order chi connectivity index (χ0) is 20.7. The van der Waals surface area contributed by atoms with Crippen LogP contribution >= 0.6 is 0 Å². The maximum absolute atomic E-state index is 11.7. The quantitative estimate of drug-likeness (QED) is 0.496. The van der Waals surface area contributed by atoms with E-state index in [-0.39, 0.29) is 16.7 Å². The molecule has 1 unspecified atom stereocenters. The summed E-state index contributed by atoms with van der Waals surface area (Å²) >= 11 is 0. The second-order valence-corrected chi connectivity index (χ2v) is 9.20. The van der Waals surface area contributed by atoms with E-state index in [4.69, 9.17) is 4.74 Å². The van der Waals surface area contributed by atoms with Crippen molar-refractivity contribution in [3.8, 4) is 0 Å². The lowest BCUT2D eigenvalue weighted by atomic mass is 9.62. The summed E-state index contributed by atoms with van der Waals surface area (Å²) in [6, 6.07) is 8.42. The Balaban J connectivity index is 2.09. The highest BCUT2D eigenvalue weighted by Crippen LogP contribution is 2.47. The van der Waals surface area contributed by atoms with Gasteiger partial charge >= 0.3 is 5.97 Å². The van der Waals surface area contributed by atoms with Crippen LogP contribution in [0.25, 0.3) is 0 Å². The molecule has 3 heteroatoms. The van der Waals surface area contributed by atoms with Crippen molar-refractivity contribution in [3.63, 3.8) is 0 Å². The highest BCUT2D eigenvalue weighted by Gasteiger charge is 2.37. The van der Waals surface area contributed by atoms with Gasteiger partial charge in [-0.15, -0.1) is 6.58 Å². The second-order valence-electron chi connectivity index (χ2n) is 9.20. The van der Waals surface area contributed by atoms with Crippen LogP contribution < -0.4 is 0 Å². The first-order valence-corrected chi connectivity index (χ1v) is 9.93. The molecule has 3 rings (SSSR count). The topological polar surface area (TPSA) is 39.2 Å². The number of esters is 1. The zero-order valence-electron chi connectivity index (χ0n) is 17.9. The molecule has 0 saturated heterocycles. The molecule has 3 nitrogen and oxygen atoms in total. The highest BCUT2D eigenvalue weighted by molar-refractivity contribution is 5.87. The Morgan fingerprint density at radius 3 is 2.25 bits per heavy atom. The number of hydrogen-bond donors (Lipinski definition) is 0. The minimum Gasteiger partial charge on any atom is -0.464 e. The van der Waals surface area contributed by atoms with Crippen LogP contribution in [0.5, 0.6) is 0 Å². The number of ether oxygens (including phenoxy) is 1. The Labute approximate surface area is 168 Å². The van der Waals surface area contributed by atoms with Gasteiger partial charge in [0.25, 0.3) is 0 Å². The van der Waals surface area contributed by atoms with Crippen molar-refractivity contribution >= 4 is 5.97 Å². The van der Waals surface area contributed by atoms with E-state index in [9.17, 15) is 4.79 Å². The van der Waals surface area contributed by atoms with Crippen molar-refractivity contribution in [2.45, 2.75) is 64.2 Å². The Morgan fingerprint density at radius 1 is 1.14 bits per heavy atom. The van der Waals surface area contributed by atoms with E-state index < -0.39 is 5.97 Å². The third-order valence-electron chi connectivity index (χ3n) is 6.35. The number of pyridine rings is 1. The number of fused-ring (bicyclic) bond motifs is 1. The monoisotopic (exact) mass is 377 g/mol. The van der Waals surface area contributed by atoms with E-state index in [1.54, 1.807) is 12.3 Å². The predicted molar refractivity (Wildman–Crippen MR) is 114 cm³/mol. The van der Waals surface area contributed by atoms with Gasteiger partial charge in [0.2, 0.25) is 0 Å². The predicted octanol–water partition coefficient (Wildman–Crippen LogP) is 5.84. The molecule has 28 heavy (non-hydrogen) atoms. The molecule has 0 fully saturated rings. The molecule has 1 aliphatic carbocycles. The van der Waals surface area contributed by atoms with Crippen LogP contribution in [-0.4, -0.2) is 18.1 Å². The van der Waals surface area contributed by atoms with E-state index in [1.807, 2.05) is 12.1 Å². The molecule has 0 N–H and O–H groups in total. The molecule has 0 saturated carbocycles. The lowest BCUT2D eigenvalue weighted by molar-refractivity contribution is 0.0594. The summed E-state index contributed by atoms with van der Waals surface area (Å²) in [4.78, 5) is 16.0. The molecule has 1 aromatic carbocycles. The summed E-state index contributed by atoms with van der Waals surface area (Å²) in [5, 5.41) is 0. The normalized spacial score (nSPS) is 18.1. The van der Waals surface area contributed by atoms with Gasteiger partial charge in [-0.3, -0.25) is 0 Å². The van der Waals surface area contributed by atoms with Crippen LogP contribution in [-0.2, 0) is 15.6 Å². The van der Waals surface area contributed by atoms with E-state index in [2.05, 4.69) is 58.3 Å². The number of carbonyl (C=O) groups is 1. The summed E-state index contributed by atoms with van der Waals surface area (Å²) in [5.74, 6) is -0.388. The molecular weight excluding hydrogens is 346 g/mol. The molecule has 148 valence electrons. The van der Waals surface area contributed by atoms with Crippen LogP contribution in [0.1, 0.15) is 84.8 Å². The van der Waals surface area contributed by atoms with E-state index in [1.165, 1.54) is 42.2 Å². The highest BCUT2D eigenvalue weighted by atomic mass is 16.5. The van der Waals surface area contributed by atoms with Crippen molar-refractivity contribution in [1.82, 2.24) is 4.98 Å². The summed E-state index contributed by atoms with van der Waals surface area (Å²) in [7, 11) is 1.37. The molecule has 1 aromatic heterocycles. The SMILES string of the molecule is C=CC(c1ccc(C(=O)OC)nc1)c1cc2c(cc1C)C(C)(C)CCC2(C)C. The van der Waals surface area contributed by atoms with Gasteiger partial charge in [0.15, 0.2) is 0 Å². The van der Waals surface area contributed by atoms with E-state index in [0.717, 1.165) is 5.56 Å². The largest absolute Gasteiger partial charge is 0.464 e. The number of allylic oxidation sites excluding steroid dienone is 1. The zero-order valence-corrected chi connectivity index (χ0v) is 17.9. The molecule has 0 amide bonds. The smallest absolute Gasteiger partial charge is 0.356 e. The molecule has 1 aliphatic rings. The van der Waals surface area contributed by atoms with Crippen molar-refractivity contribution in [1.29, 1.82) is 0 Å². The third kappa shape index (κ3) is 3.50. The van der Waals surface area contributed by atoms with Crippen LogP contribution in [0.15, 0.2) is 43.1 Å². The first kappa shape index (κ1) is 20.3. The molecule has 0 spiro atoms. The minimum atomic E-state index is -0.421. The summed E-state index contributed by atoms with van der Waals surface area (Å²) in [6.45, 7) is 15.6. The van der Waals surface area contributed by atoms with Crippen molar-refractivity contribution < 1.29 is 9.53 Å². The summed E-state index contributed by atoms with van der Waals surface area (Å²) in [5.41, 5.74) is 7.13. The number of rotatable bonds is 4. The molecule has 2 aromatic rings. The van der Waals surface area contributed by atoms with Crippen LogP contribution in [0.3, 0.4) is 0 Å². The van der Waals surface area contributed by atoms with Gasteiger partial charge in [0.05, 0.1) is 7.11 Å². The lowest BCUT2D eigenvalue weighted by Crippen LogP contribution is -2.34. The maximum atomic E-state index is 11.7. The Bertz CT molecular complexity index is 907. The van der Waals surface area contributed by atoms with Gasteiger partial charge in [-0.05, 0) is 64.5 Å². The minimum absolute atomic E-state index is 0.0327. The maximum Gasteiger partial charge on any atom is 0.356 e. The molecule has 1 heterocycles. The average Bonchev–Trinajstić information content (AvgIpc) is 2.67. The van der Waals surface area contributed by atoms with Gasteiger partial charge in [-0.2, -0.15) is 0 Å². The lowest BCUT2D eigenvalue weighted by Gasteiger charge is -2.42. The van der Waals surface area contributed by atoms with Gasteiger partial charge in [0.1, 0.15) is 5.69 Å². The molecule has 0 bridgehead atoms. The molecule has 0 radical (unpaired) electrons. The van der Waals surface area contributed by atoms with Crippen molar-refractivity contribution in [2.75, 3.05) is 7.11 Å². The number of aromatic nitrogens is 1. The molecule has 0 aliphatic heterocycles. The van der Waals surface area contributed by atoms with Crippen molar-refractivity contribution in [3.05, 3.63) is 76.6 Å². The number of methoxy groups -OCH3 is 1. The summed E-state index contributed by atoms with van der Waals surface area (Å²) in [6.07, 6.45) is 6.11.